The van der Waals surface area contributed by atoms with Gasteiger partial charge in [0, 0.05) is 0 Å². The average molecular weight is 235 g/mol. The first kappa shape index (κ1) is 12.8. The van der Waals surface area contributed by atoms with Gasteiger partial charge in [0.2, 0.25) is 5.96 Å². The molecule has 0 amide bonds. The molecule has 1 aromatic rings. The highest BCUT2D eigenvalue weighted by atomic mass is 16.5. The van der Waals surface area contributed by atoms with Crippen molar-refractivity contribution in [2.24, 2.45) is 27.2 Å². The molecule has 0 radical (unpaired) electrons. The molecule has 0 unspecified atom stereocenters. The Hall–Kier alpha value is -2.24. The van der Waals surface area contributed by atoms with E-state index in [2.05, 4.69) is 9.98 Å². The topological polar surface area (TPSA) is 112 Å². The van der Waals surface area contributed by atoms with Gasteiger partial charge in [-0.3, -0.25) is 0 Å². The molecule has 0 bridgehead atoms. The van der Waals surface area contributed by atoms with E-state index in [0.717, 1.165) is 6.42 Å². The Morgan fingerprint density at radius 1 is 1.24 bits per heavy atom. The van der Waals surface area contributed by atoms with E-state index in [1.165, 1.54) is 0 Å². The lowest BCUT2D eigenvalue weighted by atomic mass is 10.3. The van der Waals surface area contributed by atoms with E-state index in [9.17, 15) is 0 Å². The fourth-order valence-corrected chi connectivity index (χ4v) is 1.16. The number of para-hydroxylation sites is 2. The molecule has 0 aliphatic carbocycles. The minimum atomic E-state index is -0.127. The van der Waals surface area contributed by atoms with Crippen molar-refractivity contribution in [1.82, 2.24) is 0 Å². The molecular formula is C11H17N5O. The molecule has 6 N–H and O–H groups in total. The predicted octanol–water partition coefficient (Wildman–Crippen LogP) is 0.695. The largest absolute Gasteiger partial charge is 0.491 e. The number of aliphatic imine (C=N–C) groups is 2. The summed E-state index contributed by atoms with van der Waals surface area (Å²) >= 11 is 0. The molecule has 0 fully saturated rings. The molecule has 0 spiro atoms. The number of hydrogen-bond acceptors (Lipinski definition) is 2. The molecule has 0 saturated heterocycles. The van der Waals surface area contributed by atoms with E-state index in [4.69, 9.17) is 21.9 Å². The highest BCUT2D eigenvalue weighted by Gasteiger charge is 2.01. The van der Waals surface area contributed by atoms with E-state index in [0.29, 0.717) is 18.0 Å². The second-order valence-corrected chi connectivity index (χ2v) is 3.32. The van der Waals surface area contributed by atoms with Crippen molar-refractivity contribution < 1.29 is 4.74 Å². The Kier molecular flexibility index (Phi) is 4.80. The van der Waals surface area contributed by atoms with Crippen molar-refractivity contribution in [3.8, 4) is 5.75 Å². The van der Waals surface area contributed by atoms with Crippen LogP contribution in [0.4, 0.5) is 5.69 Å². The molecule has 1 aromatic carbocycles. The fourth-order valence-electron chi connectivity index (χ4n) is 1.16. The van der Waals surface area contributed by atoms with Gasteiger partial charge in [0.15, 0.2) is 5.96 Å². The van der Waals surface area contributed by atoms with Crippen molar-refractivity contribution in [1.29, 1.82) is 0 Å². The summed E-state index contributed by atoms with van der Waals surface area (Å²) in [5.74, 6) is 0.527. The lowest BCUT2D eigenvalue weighted by Gasteiger charge is -2.07. The first-order valence-corrected chi connectivity index (χ1v) is 5.29. The second-order valence-electron chi connectivity index (χ2n) is 3.32. The summed E-state index contributed by atoms with van der Waals surface area (Å²) < 4.78 is 5.52. The van der Waals surface area contributed by atoms with Crippen LogP contribution in [0.5, 0.6) is 5.75 Å². The Balaban J connectivity index is 2.93. The maximum absolute atomic E-state index is 5.55. The third kappa shape index (κ3) is 4.42. The summed E-state index contributed by atoms with van der Waals surface area (Å²) in [6.45, 7) is 2.65. The van der Waals surface area contributed by atoms with Gasteiger partial charge in [-0.2, -0.15) is 4.99 Å². The predicted molar refractivity (Wildman–Crippen MR) is 69.3 cm³/mol. The van der Waals surface area contributed by atoms with Crippen LogP contribution in [0.1, 0.15) is 13.3 Å². The zero-order valence-corrected chi connectivity index (χ0v) is 9.76. The first-order valence-electron chi connectivity index (χ1n) is 5.29. The summed E-state index contributed by atoms with van der Waals surface area (Å²) in [5, 5.41) is 0. The van der Waals surface area contributed by atoms with Gasteiger partial charge in [0.25, 0.3) is 0 Å². The van der Waals surface area contributed by atoms with Crippen LogP contribution < -0.4 is 21.9 Å². The fraction of sp³-hybridized carbons (Fsp3) is 0.273. The van der Waals surface area contributed by atoms with Crippen molar-refractivity contribution in [3.63, 3.8) is 0 Å². The molecule has 6 nitrogen and oxygen atoms in total. The van der Waals surface area contributed by atoms with Gasteiger partial charge >= 0.3 is 0 Å². The average Bonchev–Trinajstić information content (AvgIpc) is 2.26. The summed E-state index contributed by atoms with van der Waals surface area (Å²) in [7, 11) is 0. The zero-order chi connectivity index (χ0) is 12.7. The van der Waals surface area contributed by atoms with Crippen LogP contribution in [0.2, 0.25) is 0 Å². The monoisotopic (exact) mass is 235 g/mol. The van der Waals surface area contributed by atoms with Gasteiger partial charge in [0.05, 0.1) is 6.61 Å². The van der Waals surface area contributed by atoms with Crippen molar-refractivity contribution in [2.75, 3.05) is 6.61 Å². The van der Waals surface area contributed by atoms with Crippen LogP contribution in [0.25, 0.3) is 0 Å². The molecule has 92 valence electrons. The number of hydrogen-bond donors (Lipinski definition) is 3. The molecule has 0 aliphatic heterocycles. The minimum absolute atomic E-state index is 0.00227. The third-order valence-corrected chi connectivity index (χ3v) is 1.81. The van der Waals surface area contributed by atoms with Gasteiger partial charge in [-0.05, 0) is 18.6 Å². The summed E-state index contributed by atoms with van der Waals surface area (Å²) in [6, 6.07) is 7.29. The van der Waals surface area contributed by atoms with Crippen LogP contribution in [-0.2, 0) is 0 Å². The molecule has 17 heavy (non-hydrogen) atoms. The molecule has 0 heterocycles. The lowest BCUT2D eigenvalue weighted by molar-refractivity contribution is 0.318. The van der Waals surface area contributed by atoms with Gasteiger partial charge in [0.1, 0.15) is 11.4 Å². The molecule has 0 aliphatic rings. The molecular weight excluding hydrogens is 218 g/mol. The molecule has 0 atom stereocenters. The molecule has 0 saturated carbocycles. The minimum Gasteiger partial charge on any atom is -0.491 e. The number of nitrogens with zero attached hydrogens (tertiary/aromatic N) is 2. The quantitative estimate of drug-likeness (QED) is 0.526. The first-order chi connectivity index (χ1) is 8.13. The number of nitrogens with two attached hydrogens (primary N) is 3. The smallest absolute Gasteiger partial charge is 0.223 e. The van der Waals surface area contributed by atoms with E-state index < -0.39 is 0 Å². The molecule has 6 heteroatoms. The molecule has 0 aromatic heterocycles. The Labute approximate surface area is 100 Å². The van der Waals surface area contributed by atoms with Crippen LogP contribution in [0, 0.1) is 0 Å². The van der Waals surface area contributed by atoms with Crippen LogP contribution >= 0.6 is 0 Å². The van der Waals surface area contributed by atoms with Crippen molar-refractivity contribution in [3.05, 3.63) is 24.3 Å². The SMILES string of the molecule is CCCOc1ccccc1N=C(N)N=C(N)N. The van der Waals surface area contributed by atoms with E-state index >= 15 is 0 Å². The summed E-state index contributed by atoms with van der Waals surface area (Å²) in [4.78, 5) is 7.71. The number of guanidine groups is 2. The zero-order valence-electron chi connectivity index (χ0n) is 9.76. The third-order valence-electron chi connectivity index (χ3n) is 1.81. The Bertz CT molecular complexity index is 424. The number of rotatable bonds is 4. The van der Waals surface area contributed by atoms with Gasteiger partial charge in [-0.1, -0.05) is 19.1 Å². The number of ether oxygens (including phenoxy) is 1. The standard InChI is InChI=1S/C11H17N5O/c1-2-7-17-9-6-4-3-5-8(9)15-11(14)16-10(12)13/h3-6H,2,7H2,1H3,(H6,12,13,14,15,16). The van der Waals surface area contributed by atoms with E-state index in [-0.39, 0.29) is 11.9 Å². The van der Waals surface area contributed by atoms with Crippen molar-refractivity contribution >= 4 is 17.6 Å². The maximum atomic E-state index is 5.55. The number of benzene rings is 1. The maximum Gasteiger partial charge on any atom is 0.223 e. The summed E-state index contributed by atoms with van der Waals surface area (Å²) in [6.07, 6.45) is 0.918. The lowest BCUT2D eigenvalue weighted by Crippen LogP contribution is -2.26. The van der Waals surface area contributed by atoms with Crippen LogP contribution in [0.15, 0.2) is 34.3 Å². The normalized spacial score (nSPS) is 11.0. The Morgan fingerprint density at radius 3 is 2.59 bits per heavy atom. The molecule has 1 rings (SSSR count). The van der Waals surface area contributed by atoms with Crippen LogP contribution in [-0.4, -0.2) is 18.5 Å². The highest BCUT2D eigenvalue weighted by molar-refractivity contribution is 5.93. The van der Waals surface area contributed by atoms with Gasteiger partial charge in [-0.25, -0.2) is 4.99 Å². The van der Waals surface area contributed by atoms with E-state index in [1.807, 2.05) is 25.1 Å². The van der Waals surface area contributed by atoms with Crippen molar-refractivity contribution in [2.45, 2.75) is 13.3 Å². The van der Waals surface area contributed by atoms with Gasteiger partial charge < -0.3 is 21.9 Å². The summed E-state index contributed by atoms with van der Waals surface area (Å²) in [5.41, 5.74) is 16.6. The Morgan fingerprint density at radius 2 is 1.94 bits per heavy atom. The second kappa shape index (κ2) is 6.37. The van der Waals surface area contributed by atoms with E-state index in [1.54, 1.807) is 6.07 Å². The van der Waals surface area contributed by atoms with Crippen LogP contribution in [0.3, 0.4) is 0 Å². The van der Waals surface area contributed by atoms with Gasteiger partial charge in [-0.15, -0.1) is 0 Å². The highest BCUT2D eigenvalue weighted by Crippen LogP contribution is 2.26.